The number of hydrogen-bond acceptors (Lipinski definition) is 4. The fourth-order valence-corrected chi connectivity index (χ4v) is 3.67. The summed E-state index contributed by atoms with van der Waals surface area (Å²) in [6, 6.07) is 0.538. The molecule has 1 heterocycles. The van der Waals surface area contributed by atoms with Gasteiger partial charge < -0.3 is 0 Å². The Morgan fingerprint density at radius 2 is 1.65 bits per heavy atom. The Kier molecular flexibility index (Phi) is 4.44. The molecule has 2 fully saturated rings. The quantitative estimate of drug-likeness (QED) is 0.730. The first-order valence-corrected chi connectivity index (χ1v) is 8.52. The molecule has 4 nitrogen and oxygen atoms in total. The lowest BCUT2D eigenvalue weighted by Crippen LogP contribution is -2.48. The summed E-state index contributed by atoms with van der Waals surface area (Å²) >= 11 is 0. The Morgan fingerprint density at radius 1 is 1.00 bits per heavy atom. The van der Waals surface area contributed by atoms with Gasteiger partial charge in [0.15, 0.2) is 0 Å². The van der Waals surface area contributed by atoms with E-state index in [1.165, 1.54) is 38.5 Å². The van der Waals surface area contributed by atoms with Gasteiger partial charge in [0, 0.05) is 12.6 Å². The maximum atomic E-state index is 11.3. The highest BCUT2D eigenvalue weighted by atomic mass is 32.2. The van der Waals surface area contributed by atoms with Crippen LogP contribution in [0, 0.1) is 0 Å². The van der Waals surface area contributed by atoms with Crippen molar-refractivity contribution < 1.29 is 12.6 Å². The van der Waals surface area contributed by atoms with Crippen molar-refractivity contribution in [3.63, 3.8) is 0 Å². The maximum absolute atomic E-state index is 11.3. The first kappa shape index (κ1) is 13.3. The third-order valence-electron chi connectivity index (χ3n) is 3.82. The van der Waals surface area contributed by atoms with Crippen molar-refractivity contribution in [3.8, 4) is 0 Å². The van der Waals surface area contributed by atoms with Crippen LogP contribution in [0.1, 0.15) is 51.4 Å². The van der Waals surface area contributed by atoms with E-state index in [9.17, 15) is 8.42 Å². The molecule has 1 saturated heterocycles. The minimum Gasteiger partial charge on any atom is -0.274 e. The Balaban J connectivity index is 2.00. The van der Waals surface area contributed by atoms with Gasteiger partial charge in [0.25, 0.3) is 10.1 Å². The molecule has 100 valence electrons. The van der Waals surface area contributed by atoms with Crippen LogP contribution in [-0.2, 0) is 14.3 Å². The zero-order chi connectivity index (χ0) is 12.3. The molecule has 1 unspecified atom stereocenters. The third kappa shape index (κ3) is 3.93. The lowest BCUT2D eigenvalue weighted by Gasteiger charge is -2.41. The molecule has 1 aliphatic heterocycles. The monoisotopic (exact) mass is 261 g/mol. The number of nitrogens with zero attached hydrogens (tertiary/aromatic N) is 1. The largest absolute Gasteiger partial charge is 0.274 e. The molecule has 1 saturated carbocycles. The average molecular weight is 261 g/mol. The standard InChI is InChI=1S/C12H23NO3S/c1-17(14,15)16-12-9-5-6-10-13(12)11-7-3-2-4-8-11/h11-12H,2-10H2,1H3. The van der Waals surface area contributed by atoms with Gasteiger partial charge in [-0.2, -0.15) is 8.42 Å². The van der Waals surface area contributed by atoms with Crippen LogP contribution in [0.15, 0.2) is 0 Å². The van der Waals surface area contributed by atoms with E-state index in [4.69, 9.17) is 4.18 Å². The van der Waals surface area contributed by atoms with Crippen LogP contribution >= 0.6 is 0 Å². The summed E-state index contributed by atoms with van der Waals surface area (Å²) in [6.45, 7) is 0.991. The third-order valence-corrected chi connectivity index (χ3v) is 4.39. The van der Waals surface area contributed by atoms with Gasteiger partial charge in [0.1, 0.15) is 6.23 Å². The molecule has 0 aromatic rings. The minimum atomic E-state index is -3.34. The van der Waals surface area contributed by atoms with E-state index in [2.05, 4.69) is 4.90 Å². The number of likely N-dealkylation sites (tertiary alicyclic amines) is 1. The summed E-state index contributed by atoms with van der Waals surface area (Å²) < 4.78 is 27.8. The van der Waals surface area contributed by atoms with Crippen molar-refractivity contribution in [1.29, 1.82) is 0 Å². The molecular formula is C12H23NO3S. The van der Waals surface area contributed by atoms with Gasteiger partial charge in [-0.25, -0.2) is 0 Å². The van der Waals surface area contributed by atoms with E-state index in [-0.39, 0.29) is 6.23 Å². The second-order valence-electron chi connectivity index (χ2n) is 5.28. The Labute approximate surface area is 104 Å². The van der Waals surface area contributed by atoms with Crippen molar-refractivity contribution in [3.05, 3.63) is 0 Å². The summed E-state index contributed by atoms with van der Waals surface area (Å²) in [5, 5.41) is 0. The highest BCUT2D eigenvalue weighted by Crippen LogP contribution is 2.29. The van der Waals surface area contributed by atoms with Crippen LogP contribution in [0.2, 0.25) is 0 Å². The fraction of sp³-hybridized carbons (Fsp3) is 1.00. The van der Waals surface area contributed by atoms with E-state index in [1.807, 2.05) is 0 Å². The van der Waals surface area contributed by atoms with Gasteiger partial charge >= 0.3 is 0 Å². The van der Waals surface area contributed by atoms with Gasteiger partial charge in [0.2, 0.25) is 0 Å². The average Bonchev–Trinajstić information content (AvgIpc) is 2.29. The molecule has 0 aromatic heterocycles. The SMILES string of the molecule is CS(=O)(=O)OC1CCCCN1C1CCCCC1. The van der Waals surface area contributed by atoms with E-state index in [0.717, 1.165) is 25.6 Å². The molecule has 0 spiro atoms. The van der Waals surface area contributed by atoms with E-state index >= 15 is 0 Å². The molecule has 1 aliphatic carbocycles. The van der Waals surface area contributed by atoms with Crippen molar-refractivity contribution in [2.75, 3.05) is 12.8 Å². The second-order valence-corrected chi connectivity index (χ2v) is 6.88. The molecule has 2 aliphatic rings. The van der Waals surface area contributed by atoms with Gasteiger partial charge in [-0.1, -0.05) is 19.3 Å². The molecule has 0 amide bonds. The summed E-state index contributed by atoms with van der Waals surface area (Å²) in [4.78, 5) is 2.30. The Morgan fingerprint density at radius 3 is 2.29 bits per heavy atom. The van der Waals surface area contributed by atoms with Gasteiger partial charge in [-0.05, 0) is 32.1 Å². The highest BCUT2D eigenvalue weighted by Gasteiger charge is 2.32. The fourth-order valence-electron chi connectivity index (χ4n) is 3.06. The summed E-state index contributed by atoms with van der Waals surface area (Å²) in [6.07, 6.45) is 10.3. The lowest BCUT2D eigenvalue weighted by atomic mass is 9.92. The van der Waals surface area contributed by atoms with Crippen molar-refractivity contribution in [1.82, 2.24) is 4.90 Å². The molecule has 5 heteroatoms. The second kappa shape index (κ2) is 5.67. The predicted octanol–water partition coefficient (Wildman–Crippen LogP) is 2.11. The van der Waals surface area contributed by atoms with E-state index in [0.29, 0.717) is 6.04 Å². The lowest BCUT2D eigenvalue weighted by molar-refractivity contribution is -0.0368. The molecule has 17 heavy (non-hydrogen) atoms. The van der Waals surface area contributed by atoms with Gasteiger partial charge in [-0.15, -0.1) is 0 Å². The van der Waals surface area contributed by atoms with E-state index in [1.54, 1.807) is 0 Å². The summed E-state index contributed by atoms with van der Waals surface area (Å²) in [5.74, 6) is 0. The number of piperidine rings is 1. The molecular weight excluding hydrogens is 238 g/mol. The summed E-state index contributed by atoms with van der Waals surface area (Å²) in [5.41, 5.74) is 0. The molecule has 1 atom stereocenters. The van der Waals surface area contributed by atoms with E-state index < -0.39 is 10.1 Å². The van der Waals surface area contributed by atoms with Crippen LogP contribution in [0.3, 0.4) is 0 Å². The van der Waals surface area contributed by atoms with Gasteiger partial charge in [0.05, 0.1) is 6.26 Å². The van der Waals surface area contributed by atoms with Crippen LogP contribution < -0.4 is 0 Å². The highest BCUT2D eigenvalue weighted by molar-refractivity contribution is 7.86. The smallest absolute Gasteiger partial charge is 0.265 e. The summed E-state index contributed by atoms with van der Waals surface area (Å²) in [7, 11) is -3.34. The van der Waals surface area contributed by atoms with Crippen molar-refractivity contribution in [2.45, 2.75) is 63.6 Å². The normalized spacial score (nSPS) is 29.4. The van der Waals surface area contributed by atoms with Gasteiger partial charge in [-0.3, -0.25) is 9.08 Å². The Hall–Kier alpha value is -0.130. The molecule has 0 N–H and O–H groups in total. The van der Waals surface area contributed by atoms with Crippen LogP contribution in [0.25, 0.3) is 0 Å². The molecule has 2 rings (SSSR count). The zero-order valence-electron chi connectivity index (χ0n) is 10.6. The first-order chi connectivity index (χ1) is 8.06. The topological polar surface area (TPSA) is 46.6 Å². The van der Waals surface area contributed by atoms with Crippen molar-refractivity contribution >= 4 is 10.1 Å². The molecule has 0 bridgehead atoms. The Bertz CT molecular complexity index is 336. The van der Waals surface area contributed by atoms with Crippen molar-refractivity contribution in [2.24, 2.45) is 0 Å². The number of hydrogen-bond donors (Lipinski definition) is 0. The van der Waals surface area contributed by atoms with Crippen LogP contribution in [-0.4, -0.2) is 38.4 Å². The van der Waals surface area contributed by atoms with Crippen LogP contribution in [0.5, 0.6) is 0 Å². The van der Waals surface area contributed by atoms with Crippen LogP contribution in [0.4, 0.5) is 0 Å². The molecule has 0 radical (unpaired) electrons. The molecule has 0 aromatic carbocycles. The minimum absolute atomic E-state index is 0.207. The first-order valence-electron chi connectivity index (χ1n) is 6.70. The zero-order valence-corrected chi connectivity index (χ0v) is 11.4. The number of rotatable bonds is 3. The maximum Gasteiger partial charge on any atom is 0.265 e. The predicted molar refractivity (Wildman–Crippen MR) is 67.1 cm³/mol.